The second-order valence-electron chi connectivity index (χ2n) is 6.67. The second kappa shape index (κ2) is 9.23. The van der Waals surface area contributed by atoms with Crippen LogP contribution in [-0.4, -0.2) is 20.8 Å². The predicted molar refractivity (Wildman–Crippen MR) is 122 cm³/mol. The molecule has 1 amide bonds. The van der Waals surface area contributed by atoms with E-state index in [9.17, 15) is 14.9 Å². The Labute approximate surface area is 188 Å². The van der Waals surface area contributed by atoms with Crippen molar-refractivity contribution in [3.63, 3.8) is 0 Å². The van der Waals surface area contributed by atoms with Gasteiger partial charge < -0.3 is 0 Å². The average molecular weight is 446 g/mol. The highest BCUT2D eigenvalue weighted by Gasteiger charge is 2.27. The first kappa shape index (κ1) is 21.0. The number of benzene rings is 3. The predicted octanol–water partition coefficient (Wildman–Crippen LogP) is 5.13. The Morgan fingerprint density at radius 2 is 1.31 bits per heavy atom. The molecule has 4 aromatic rings. The standard InChI is InChI=1S/C23H16ClN5O3/c24-18-13-11-17(12-14-18)22(30)27-28-23-25-19(15-7-3-1-4-8-15)21(29(31)32)20(26-23)16-9-5-2-6-10-16/h1-14H,(H,27,30)(H,25,26,28). The fraction of sp³-hybridized carbons (Fsp3) is 0. The van der Waals surface area contributed by atoms with Gasteiger partial charge in [-0.15, -0.1) is 0 Å². The van der Waals surface area contributed by atoms with E-state index in [1.165, 1.54) is 0 Å². The summed E-state index contributed by atoms with van der Waals surface area (Å²) in [6.45, 7) is 0. The number of anilines is 1. The summed E-state index contributed by atoms with van der Waals surface area (Å²) < 4.78 is 0. The highest BCUT2D eigenvalue weighted by molar-refractivity contribution is 6.30. The van der Waals surface area contributed by atoms with E-state index in [4.69, 9.17) is 11.6 Å². The van der Waals surface area contributed by atoms with E-state index >= 15 is 0 Å². The lowest BCUT2D eigenvalue weighted by Crippen LogP contribution is -2.30. The van der Waals surface area contributed by atoms with Crippen LogP contribution < -0.4 is 10.9 Å². The number of hydrazine groups is 1. The largest absolute Gasteiger partial charge is 0.321 e. The molecule has 2 N–H and O–H groups in total. The fourth-order valence-corrected chi connectivity index (χ4v) is 3.19. The molecule has 158 valence electrons. The van der Waals surface area contributed by atoms with E-state index < -0.39 is 10.8 Å². The van der Waals surface area contributed by atoms with Gasteiger partial charge in [-0.25, -0.2) is 9.97 Å². The molecule has 3 aromatic carbocycles. The monoisotopic (exact) mass is 445 g/mol. The minimum atomic E-state index is -0.499. The molecule has 0 aliphatic carbocycles. The zero-order valence-corrected chi connectivity index (χ0v) is 17.3. The molecule has 0 aliphatic rings. The van der Waals surface area contributed by atoms with Crippen molar-refractivity contribution < 1.29 is 9.72 Å². The molecule has 8 nitrogen and oxygen atoms in total. The minimum absolute atomic E-state index is 0.00983. The van der Waals surface area contributed by atoms with Gasteiger partial charge in [0.2, 0.25) is 5.95 Å². The van der Waals surface area contributed by atoms with Gasteiger partial charge in [0, 0.05) is 21.7 Å². The number of hydrogen-bond donors (Lipinski definition) is 2. The van der Waals surface area contributed by atoms with Crippen molar-refractivity contribution in [2.45, 2.75) is 0 Å². The number of nitrogens with zero attached hydrogens (tertiary/aromatic N) is 3. The first-order chi connectivity index (χ1) is 15.5. The number of carbonyl (C=O) groups is 1. The summed E-state index contributed by atoms with van der Waals surface area (Å²) in [6.07, 6.45) is 0. The van der Waals surface area contributed by atoms with Gasteiger partial charge in [0.1, 0.15) is 0 Å². The highest BCUT2D eigenvalue weighted by Crippen LogP contribution is 2.36. The first-order valence-corrected chi connectivity index (χ1v) is 9.90. The second-order valence-corrected chi connectivity index (χ2v) is 7.10. The number of halogens is 1. The summed E-state index contributed by atoms with van der Waals surface area (Å²) in [5.41, 5.74) is 6.68. The van der Waals surface area contributed by atoms with E-state index in [-0.39, 0.29) is 23.0 Å². The maximum atomic E-state index is 12.4. The molecule has 1 aromatic heterocycles. The van der Waals surface area contributed by atoms with Crippen LogP contribution in [0.15, 0.2) is 84.9 Å². The van der Waals surface area contributed by atoms with E-state index in [1.807, 2.05) is 0 Å². The Kier molecular flexibility index (Phi) is 6.05. The topological polar surface area (TPSA) is 110 Å². The number of carbonyl (C=O) groups excluding carboxylic acids is 1. The van der Waals surface area contributed by atoms with Gasteiger partial charge in [0.25, 0.3) is 5.91 Å². The summed E-state index contributed by atoms with van der Waals surface area (Å²) in [6, 6.07) is 23.9. The molecular formula is C23H16ClN5O3. The zero-order valence-electron chi connectivity index (χ0n) is 16.5. The Balaban J connectivity index is 1.76. The molecule has 0 atom stereocenters. The summed E-state index contributed by atoms with van der Waals surface area (Å²) >= 11 is 5.86. The SMILES string of the molecule is O=C(NNc1nc(-c2ccccc2)c([N+](=O)[O-])c(-c2ccccc2)n1)c1ccc(Cl)cc1. The molecule has 32 heavy (non-hydrogen) atoms. The van der Waals surface area contributed by atoms with Gasteiger partial charge in [0.15, 0.2) is 11.4 Å². The van der Waals surface area contributed by atoms with Crippen LogP contribution in [0.25, 0.3) is 22.5 Å². The normalized spacial score (nSPS) is 10.4. The third-order valence-corrected chi connectivity index (χ3v) is 4.81. The highest BCUT2D eigenvalue weighted by atomic mass is 35.5. The van der Waals surface area contributed by atoms with Crippen LogP contribution in [0.1, 0.15) is 10.4 Å². The van der Waals surface area contributed by atoms with Crippen molar-refractivity contribution in [1.29, 1.82) is 0 Å². The Morgan fingerprint density at radius 3 is 1.78 bits per heavy atom. The third kappa shape index (κ3) is 4.55. The Morgan fingerprint density at radius 1 is 0.812 bits per heavy atom. The quantitative estimate of drug-likeness (QED) is 0.314. The number of amides is 1. The van der Waals surface area contributed by atoms with Crippen LogP contribution in [0.3, 0.4) is 0 Å². The van der Waals surface area contributed by atoms with Crippen molar-refractivity contribution in [1.82, 2.24) is 15.4 Å². The molecule has 1 heterocycles. The third-order valence-electron chi connectivity index (χ3n) is 4.56. The lowest BCUT2D eigenvalue weighted by molar-refractivity contribution is -0.383. The molecule has 0 fully saturated rings. The lowest BCUT2D eigenvalue weighted by Gasteiger charge is -2.12. The zero-order chi connectivity index (χ0) is 22.5. The van der Waals surface area contributed by atoms with E-state index in [2.05, 4.69) is 20.8 Å². The molecule has 0 radical (unpaired) electrons. The first-order valence-electron chi connectivity index (χ1n) is 9.52. The van der Waals surface area contributed by atoms with Crippen molar-refractivity contribution in [3.8, 4) is 22.5 Å². The molecule has 0 unspecified atom stereocenters. The summed E-state index contributed by atoms with van der Waals surface area (Å²) in [5.74, 6) is -0.429. The van der Waals surface area contributed by atoms with E-state index in [1.54, 1.807) is 84.9 Å². The molecule has 9 heteroatoms. The van der Waals surface area contributed by atoms with Crippen molar-refractivity contribution in [2.75, 3.05) is 5.43 Å². The number of hydrogen-bond acceptors (Lipinski definition) is 6. The Bertz CT molecular complexity index is 1210. The van der Waals surface area contributed by atoms with Gasteiger partial charge in [-0.2, -0.15) is 0 Å². The minimum Gasteiger partial charge on any atom is -0.267 e. The summed E-state index contributed by atoms with van der Waals surface area (Å²) in [5, 5.41) is 12.5. The average Bonchev–Trinajstić information content (AvgIpc) is 2.83. The summed E-state index contributed by atoms with van der Waals surface area (Å²) in [7, 11) is 0. The molecule has 4 rings (SSSR count). The van der Waals surface area contributed by atoms with Gasteiger partial charge in [-0.1, -0.05) is 72.3 Å². The van der Waals surface area contributed by atoms with Crippen LogP contribution in [0.2, 0.25) is 5.02 Å². The van der Waals surface area contributed by atoms with Gasteiger partial charge in [0.05, 0.1) is 4.92 Å². The van der Waals surface area contributed by atoms with Crippen molar-refractivity contribution in [3.05, 3.63) is 106 Å². The molecule has 0 saturated carbocycles. The van der Waals surface area contributed by atoms with Crippen LogP contribution >= 0.6 is 11.6 Å². The van der Waals surface area contributed by atoms with Gasteiger partial charge >= 0.3 is 5.69 Å². The van der Waals surface area contributed by atoms with Crippen molar-refractivity contribution >= 4 is 29.1 Å². The molecule has 0 bridgehead atoms. The molecular weight excluding hydrogens is 430 g/mol. The Hall–Kier alpha value is -4.30. The lowest BCUT2D eigenvalue weighted by atomic mass is 10.1. The molecule has 0 spiro atoms. The smallest absolute Gasteiger partial charge is 0.267 e. The van der Waals surface area contributed by atoms with E-state index in [0.717, 1.165) is 0 Å². The maximum absolute atomic E-state index is 12.4. The number of nitro groups is 1. The molecule has 0 aliphatic heterocycles. The van der Waals surface area contributed by atoms with Gasteiger partial charge in [-0.05, 0) is 24.3 Å². The fourth-order valence-electron chi connectivity index (χ4n) is 3.06. The van der Waals surface area contributed by atoms with Crippen LogP contribution in [0, 0.1) is 10.1 Å². The van der Waals surface area contributed by atoms with Crippen LogP contribution in [0.5, 0.6) is 0 Å². The number of nitrogens with one attached hydrogen (secondary N) is 2. The van der Waals surface area contributed by atoms with Crippen LogP contribution in [0.4, 0.5) is 11.6 Å². The molecule has 0 saturated heterocycles. The maximum Gasteiger partial charge on any atom is 0.321 e. The van der Waals surface area contributed by atoms with Gasteiger partial charge in [-0.3, -0.25) is 25.8 Å². The summed E-state index contributed by atoms with van der Waals surface area (Å²) in [4.78, 5) is 32.6. The number of aromatic nitrogens is 2. The van der Waals surface area contributed by atoms with E-state index in [0.29, 0.717) is 21.7 Å². The van der Waals surface area contributed by atoms with Crippen LogP contribution in [-0.2, 0) is 0 Å². The number of rotatable bonds is 6. The van der Waals surface area contributed by atoms with Crippen molar-refractivity contribution in [2.24, 2.45) is 0 Å².